The van der Waals surface area contributed by atoms with Gasteiger partial charge in [0.2, 0.25) is 0 Å². The lowest BCUT2D eigenvalue weighted by molar-refractivity contribution is -0.155. The summed E-state index contributed by atoms with van der Waals surface area (Å²) in [5.74, 6) is 3.03. The molecule has 0 radical (unpaired) electrons. The van der Waals surface area contributed by atoms with Gasteiger partial charge in [-0.3, -0.25) is 4.79 Å². The lowest BCUT2D eigenvalue weighted by Gasteiger charge is -2.53. The van der Waals surface area contributed by atoms with Gasteiger partial charge in [0.05, 0.1) is 0 Å². The molecule has 0 aromatic rings. The predicted octanol–water partition coefficient (Wildman–Crippen LogP) is 6.88. The zero-order valence-electron chi connectivity index (χ0n) is 20.4. The van der Waals surface area contributed by atoms with E-state index in [0.717, 1.165) is 30.1 Å². The van der Waals surface area contributed by atoms with Crippen molar-refractivity contribution in [3.63, 3.8) is 0 Å². The fraction of sp³-hybridized carbons (Fsp3) is 0.885. The summed E-state index contributed by atoms with van der Waals surface area (Å²) in [4.78, 5) is 11.6. The van der Waals surface area contributed by atoms with E-state index in [2.05, 4.69) is 46.9 Å². The van der Waals surface area contributed by atoms with Crippen LogP contribution in [0.5, 0.6) is 0 Å². The Kier molecular flexibility index (Phi) is 5.84. The molecular formula is C26H44O3Si. The Morgan fingerprint density at radius 3 is 2.50 bits per heavy atom. The van der Waals surface area contributed by atoms with E-state index >= 15 is 0 Å². The van der Waals surface area contributed by atoms with Crippen LogP contribution in [0, 0.1) is 29.1 Å². The van der Waals surface area contributed by atoms with Gasteiger partial charge < -0.3 is 9.16 Å². The molecule has 3 nitrogen and oxygen atoms in total. The van der Waals surface area contributed by atoms with E-state index in [0.29, 0.717) is 6.10 Å². The number of fused-ring (bicyclic) bond motifs is 5. The van der Waals surface area contributed by atoms with Gasteiger partial charge in [-0.25, -0.2) is 0 Å². The van der Waals surface area contributed by atoms with Crippen molar-refractivity contribution in [1.29, 1.82) is 0 Å². The third kappa shape index (κ3) is 3.85. The summed E-state index contributed by atoms with van der Waals surface area (Å²) in [6.45, 7) is 15.8. The van der Waals surface area contributed by atoms with E-state index in [4.69, 9.17) is 9.16 Å². The minimum Gasteiger partial charge on any atom is -0.462 e. The second kappa shape index (κ2) is 7.76. The second-order valence-electron chi connectivity index (χ2n) is 12.6. The largest absolute Gasteiger partial charge is 0.462 e. The van der Waals surface area contributed by atoms with Crippen molar-refractivity contribution < 1.29 is 14.0 Å². The van der Waals surface area contributed by atoms with Gasteiger partial charge in [0.15, 0.2) is 8.32 Å². The minimum atomic E-state index is -1.70. The van der Waals surface area contributed by atoms with Crippen molar-refractivity contribution in [3.05, 3.63) is 11.6 Å². The number of carbonyl (C=O) groups is 1. The molecule has 0 aliphatic heterocycles. The van der Waals surface area contributed by atoms with Crippen LogP contribution in [-0.4, -0.2) is 26.5 Å². The maximum atomic E-state index is 11.6. The summed E-state index contributed by atoms with van der Waals surface area (Å²) in [5.41, 5.74) is 1.91. The van der Waals surface area contributed by atoms with Crippen LogP contribution < -0.4 is 0 Å². The fourth-order valence-electron chi connectivity index (χ4n) is 7.27. The van der Waals surface area contributed by atoms with Gasteiger partial charge in [-0.1, -0.05) is 39.3 Å². The highest BCUT2D eigenvalue weighted by atomic mass is 28.4. The monoisotopic (exact) mass is 432 g/mol. The third-order valence-corrected chi connectivity index (χ3v) is 14.4. The molecule has 170 valence electrons. The molecule has 0 spiro atoms. The Hall–Kier alpha value is -0.613. The SMILES string of the molecule is CC(=O)O[C@H]1CCC2C3CC=C4C[C@@H](O[Si](C)(C)C(C)(C)C)CCC4C3CC[C@@]21C. The average Bonchev–Trinajstić information content (AvgIpc) is 2.96. The third-order valence-electron chi connectivity index (χ3n) is 9.89. The van der Waals surface area contributed by atoms with Crippen LogP contribution in [0.1, 0.15) is 86.0 Å². The number of ether oxygens (including phenoxy) is 1. The van der Waals surface area contributed by atoms with Gasteiger partial charge in [0, 0.05) is 18.4 Å². The van der Waals surface area contributed by atoms with E-state index in [1.807, 2.05) is 0 Å². The molecule has 0 heterocycles. The van der Waals surface area contributed by atoms with Gasteiger partial charge in [-0.2, -0.15) is 0 Å². The van der Waals surface area contributed by atoms with Crippen LogP contribution in [0.2, 0.25) is 18.1 Å². The number of allylic oxidation sites excluding steroid dienone is 1. The Morgan fingerprint density at radius 1 is 1.10 bits per heavy atom. The van der Waals surface area contributed by atoms with E-state index in [1.54, 1.807) is 12.5 Å². The average molecular weight is 433 g/mol. The van der Waals surface area contributed by atoms with E-state index in [1.165, 1.54) is 44.9 Å². The molecule has 0 bridgehead atoms. The van der Waals surface area contributed by atoms with Crippen LogP contribution in [-0.2, 0) is 14.0 Å². The summed E-state index contributed by atoms with van der Waals surface area (Å²) >= 11 is 0. The number of carbonyl (C=O) groups excluding carboxylic acids is 1. The van der Waals surface area contributed by atoms with Crippen LogP contribution in [0.4, 0.5) is 0 Å². The Balaban J connectivity index is 1.46. The molecule has 4 rings (SSSR count). The molecule has 0 N–H and O–H groups in total. The van der Waals surface area contributed by atoms with Crippen molar-refractivity contribution >= 4 is 14.3 Å². The first-order valence-corrected chi connectivity index (χ1v) is 15.4. The van der Waals surface area contributed by atoms with E-state index in [-0.39, 0.29) is 22.5 Å². The molecular weight excluding hydrogens is 388 g/mol. The number of hydrogen-bond acceptors (Lipinski definition) is 3. The molecule has 4 heteroatoms. The number of rotatable bonds is 3. The molecule has 3 fully saturated rings. The summed E-state index contributed by atoms with van der Waals surface area (Å²) in [6.07, 6.45) is 13.0. The van der Waals surface area contributed by atoms with Crippen LogP contribution in [0.25, 0.3) is 0 Å². The normalized spacial score (nSPS) is 41.4. The molecule has 7 atom stereocenters. The van der Waals surface area contributed by atoms with Crippen molar-refractivity contribution in [2.24, 2.45) is 29.1 Å². The summed E-state index contributed by atoms with van der Waals surface area (Å²) in [7, 11) is -1.70. The van der Waals surface area contributed by atoms with Gasteiger partial charge in [0.25, 0.3) is 0 Å². The quantitative estimate of drug-likeness (QED) is 0.277. The smallest absolute Gasteiger partial charge is 0.302 e. The first kappa shape index (κ1) is 22.6. The Bertz CT molecular complexity index is 706. The highest BCUT2D eigenvalue weighted by molar-refractivity contribution is 6.74. The van der Waals surface area contributed by atoms with Crippen LogP contribution >= 0.6 is 0 Å². The van der Waals surface area contributed by atoms with Gasteiger partial charge in [-0.15, -0.1) is 0 Å². The summed E-state index contributed by atoms with van der Waals surface area (Å²) in [5, 5.41) is 0.282. The van der Waals surface area contributed by atoms with Crippen LogP contribution in [0.15, 0.2) is 11.6 Å². The minimum absolute atomic E-state index is 0.102. The second-order valence-corrected chi connectivity index (χ2v) is 17.3. The number of esters is 1. The van der Waals surface area contributed by atoms with E-state index < -0.39 is 8.32 Å². The van der Waals surface area contributed by atoms with Crippen molar-refractivity contribution in [3.8, 4) is 0 Å². The predicted molar refractivity (Wildman–Crippen MR) is 125 cm³/mol. The Morgan fingerprint density at radius 2 is 1.83 bits per heavy atom. The molecule has 0 aromatic carbocycles. The van der Waals surface area contributed by atoms with Crippen molar-refractivity contribution in [2.45, 2.75) is 116 Å². The molecule has 4 unspecified atom stereocenters. The van der Waals surface area contributed by atoms with E-state index in [9.17, 15) is 4.79 Å². The highest BCUT2D eigenvalue weighted by Gasteiger charge is 2.57. The highest BCUT2D eigenvalue weighted by Crippen LogP contribution is 2.62. The summed E-state index contributed by atoms with van der Waals surface area (Å²) < 4.78 is 12.6. The maximum Gasteiger partial charge on any atom is 0.302 e. The van der Waals surface area contributed by atoms with Gasteiger partial charge >= 0.3 is 5.97 Å². The zero-order chi connectivity index (χ0) is 21.9. The first-order chi connectivity index (χ1) is 13.9. The molecule has 4 aliphatic carbocycles. The molecule has 3 saturated carbocycles. The standard InChI is InChI=1S/C26H44O3Si/c1-17(27)28-24-13-12-23-22-10-8-18-16-19(29-30(6,7)25(2,3)4)9-11-20(18)21(22)14-15-26(23,24)5/h8,19-24H,9-16H2,1-7H3/t19-,20?,21?,22?,23?,24-,26-/m0/s1. The lowest BCUT2D eigenvalue weighted by atomic mass is 9.53. The zero-order valence-corrected chi connectivity index (χ0v) is 21.4. The molecule has 0 saturated heterocycles. The molecule has 4 aliphatic rings. The van der Waals surface area contributed by atoms with Crippen LogP contribution in [0.3, 0.4) is 0 Å². The molecule has 0 aromatic heterocycles. The molecule has 30 heavy (non-hydrogen) atoms. The Labute approximate surface area is 185 Å². The molecule has 0 amide bonds. The van der Waals surface area contributed by atoms with Gasteiger partial charge in [0.1, 0.15) is 6.10 Å². The van der Waals surface area contributed by atoms with Gasteiger partial charge in [-0.05, 0) is 93.2 Å². The van der Waals surface area contributed by atoms with Crippen molar-refractivity contribution in [1.82, 2.24) is 0 Å². The fourth-order valence-corrected chi connectivity index (χ4v) is 8.66. The summed E-state index contributed by atoms with van der Waals surface area (Å²) in [6, 6.07) is 0. The topological polar surface area (TPSA) is 35.5 Å². The van der Waals surface area contributed by atoms with Crippen molar-refractivity contribution in [2.75, 3.05) is 0 Å². The number of hydrogen-bond donors (Lipinski definition) is 0. The first-order valence-electron chi connectivity index (χ1n) is 12.5. The lowest BCUT2D eigenvalue weighted by Crippen LogP contribution is -2.49. The maximum absolute atomic E-state index is 11.6.